The van der Waals surface area contributed by atoms with E-state index in [9.17, 15) is 0 Å². The number of ether oxygens (including phenoxy) is 1. The van der Waals surface area contributed by atoms with Gasteiger partial charge in [0.05, 0.1) is 17.3 Å². The van der Waals surface area contributed by atoms with Crippen molar-refractivity contribution in [3.63, 3.8) is 0 Å². The lowest BCUT2D eigenvalue weighted by Crippen LogP contribution is -2.27. The van der Waals surface area contributed by atoms with E-state index in [1.807, 2.05) is 18.4 Å². The van der Waals surface area contributed by atoms with Gasteiger partial charge in [-0.05, 0) is 160 Å². The first-order chi connectivity index (χ1) is 33.5. The van der Waals surface area contributed by atoms with Crippen LogP contribution < -0.4 is 19.4 Å². The zero-order valence-corrected chi connectivity index (χ0v) is 41.1. The third-order valence-electron chi connectivity index (χ3n) is 15.9. The molecule has 0 saturated carbocycles. The van der Waals surface area contributed by atoms with Gasteiger partial charge in [-0.3, -0.25) is 0 Å². The number of nitrogens with zero attached hydrogens (tertiary/aromatic N) is 2. The predicted molar refractivity (Wildman–Crippen MR) is 296 cm³/mol. The molecule has 2 atom stereocenters. The zero-order valence-electron chi connectivity index (χ0n) is 40.2. The van der Waals surface area contributed by atoms with E-state index in [0.717, 1.165) is 72.1 Å². The Kier molecular flexibility index (Phi) is 10.3. The highest BCUT2D eigenvalue weighted by molar-refractivity contribution is 7.11. The first-order valence-corrected chi connectivity index (χ1v) is 25.5. The monoisotopic (exact) mass is 914 g/mol. The molecule has 3 heterocycles. The van der Waals surface area contributed by atoms with Crippen molar-refractivity contribution in [3.8, 4) is 22.6 Å². The average Bonchev–Trinajstić information content (AvgIpc) is 3.98. The molecule has 5 aromatic carbocycles. The normalized spacial score (nSPS) is 20.5. The summed E-state index contributed by atoms with van der Waals surface area (Å²) in [5, 5.41) is 3.68. The van der Waals surface area contributed by atoms with E-state index in [0.29, 0.717) is 0 Å². The van der Waals surface area contributed by atoms with Crippen LogP contribution in [0.3, 0.4) is 0 Å². The third kappa shape index (κ3) is 6.98. The number of aromatic nitrogens is 1. The van der Waals surface area contributed by atoms with Crippen LogP contribution in [0.2, 0.25) is 0 Å². The van der Waals surface area contributed by atoms with E-state index in [-0.39, 0.29) is 16.7 Å². The Bertz CT molecular complexity index is 3640. The Morgan fingerprint density at radius 3 is 2.41 bits per heavy atom. The number of hydrogen-bond acceptors (Lipinski definition) is 3. The molecule has 2 unspecified atom stereocenters. The third-order valence-corrected chi connectivity index (χ3v) is 17.1. The van der Waals surface area contributed by atoms with E-state index in [1.165, 1.54) is 86.9 Å². The summed E-state index contributed by atoms with van der Waals surface area (Å²) in [4.78, 5) is 3.56. The summed E-state index contributed by atoms with van der Waals surface area (Å²) in [6.07, 6.45) is 28.5. The predicted octanol–water partition coefficient (Wildman–Crippen LogP) is 16.2. The fourth-order valence-electron chi connectivity index (χ4n) is 12.1. The molecule has 0 amide bonds. The van der Waals surface area contributed by atoms with Crippen molar-refractivity contribution in [1.29, 1.82) is 0 Å². The van der Waals surface area contributed by atoms with Crippen LogP contribution >= 0.6 is 11.3 Å². The summed E-state index contributed by atoms with van der Waals surface area (Å²) in [7, 11) is 2.22. The molecule has 0 bridgehead atoms. The van der Waals surface area contributed by atoms with E-state index in [1.54, 1.807) is 11.3 Å². The molecule has 2 aromatic heterocycles. The fourth-order valence-corrected chi connectivity index (χ4v) is 13.2. The molecule has 4 aliphatic carbocycles. The Labute approximate surface area is 410 Å². The molecule has 0 fully saturated rings. The van der Waals surface area contributed by atoms with Gasteiger partial charge in [0.1, 0.15) is 5.75 Å². The largest absolute Gasteiger partial charge is 0.465 e. The smallest absolute Gasteiger partial charge is 0.136 e. The quantitative estimate of drug-likeness (QED) is 0.151. The van der Waals surface area contributed by atoms with Gasteiger partial charge in [0.2, 0.25) is 0 Å². The van der Waals surface area contributed by atoms with Crippen LogP contribution in [0.1, 0.15) is 92.3 Å². The maximum absolute atomic E-state index is 6.36. The Morgan fingerprint density at radius 1 is 0.812 bits per heavy atom. The standard InChI is InChI=1S/C65H58N2OS/c1-8-48-53-36-43(26-31-63(53)69-62(48)9-2)42-22-27-47(28-23-42)67-58-29-24-44(35-51(58)52-38-50-41(3)17-15-16-34-68-61(50)39-60(52)67)45-25-30-59(66(7)46-18-11-10-12-19-46)57(37-45)65(6)33-32-56-54(40-65)49-20-13-14-21-55(49)64(56,4)5/h8-12,14,16,18-19,21-25,27-32,34-40,43H,1-3,13,15,17,20,26,33H2,4-7H3/b34-16-. The minimum Gasteiger partial charge on any atom is -0.465 e. The SMILES string of the molecule is C=Cc1sc2c(c1C=C)=CC(c1ccc(-n3c4ccc(-c5ccc(N(C)c6ccccc6)c(C6(C)C=C7C(=CC6)C(C)(C)C6=C7CCC=C6)c5)cc4c4cc5c(cc43)O/C=C\CCC5=C)cc1)CC=2. The molecule has 0 radical (unpaired) electrons. The van der Waals surface area contributed by atoms with E-state index < -0.39 is 0 Å². The highest BCUT2D eigenvalue weighted by atomic mass is 32.1. The summed E-state index contributed by atoms with van der Waals surface area (Å²) in [5.74, 6) is 1.12. The minimum absolute atomic E-state index is 0.0157. The van der Waals surface area contributed by atoms with Gasteiger partial charge in [-0.25, -0.2) is 0 Å². The van der Waals surface area contributed by atoms with Gasteiger partial charge in [0.15, 0.2) is 0 Å². The maximum Gasteiger partial charge on any atom is 0.136 e. The topological polar surface area (TPSA) is 17.4 Å². The van der Waals surface area contributed by atoms with Crippen molar-refractivity contribution in [2.75, 3.05) is 11.9 Å². The second-order valence-electron chi connectivity index (χ2n) is 20.3. The molecule has 340 valence electrons. The molecule has 1 aliphatic heterocycles. The van der Waals surface area contributed by atoms with Crippen LogP contribution in [-0.4, -0.2) is 11.6 Å². The van der Waals surface area contributed by atoms with Crippen LogP contribution in [-0.2, 0) is 5.41 Å². The molecule has 0 N–H and O–H groups in total. The summed E-state index contributed by atoms with van der Waals surface area (Å²) < 4.78 is 10.1. The van der Waals surface area contributed by atoms with Gasteiger partial charge in [-0.2, -0.15) is 0 Å². The number of rotatable bonds is 8. The summed E-state index contributed by atoms with van der Waals surface area (Å²) >= 11 is 1.80. The molecule has 0 spiro atoms. The summed E-state index contributed by atoms with van der Waals surface area (Å²) in [6, 6.07) is 38.8. The number of benzene rings is 5. The van der Waals surface area contributed by atoms with E-state index >= 15 is 0 Å². The van der Waals surface area contributed by atoms with Crippen molar-refractivity contribution < 1.29 is 4.74 Å². The van der Waals surface area contributed by atoms with Crippen molar-refractivity contribution in [3.05, 3.63) is 219 Å². The fraction of sp³-hybridized carbons (Fsp3) is 0.200. The number of hydrogen-bond donors (Lipinski definition) is 0. The van der Waals surface area contributed by atoms with Gasteiger partial charge >= 0.3 is 0 Å². The maximum atomic E-state index is 6.36. The molecule has 12 rings (SSSR count). The Hall–Kier alpha value is -7.14. The summed E-state index contributed by atoms with van der Waals surface area (Å²) in [6.45, 7) is 20.0. The van der Waals surface area contributed by atoms with Crippen LogP contribution in [0.25, 0.3) is 68.5 Å². The van der Waals surface area contributed by atoms with Crippen molar-refractivity contribution in [2.45, 2.75) is 70.6 Å². The van der Waals surface area contributed by atoms with Gasteiger partial charge in [-0.15, -0.1) is 11.3 Å². The van der Waals surface area contributed by atoms with Gasteiger partial charge in [0.25, 0.3) is 0 Å². The molecule has 0 saturated heterocycles. The number of allylic oxidation sites excluding steroid dienone is 10. The average molecular weight is 915 g/mol. The molecular formula is C65H58N2OS. The van der Waals surface area contributed by atoms with Crippen molar-refractivity contribution in [2.24, 2.45) is 5.41 Å². The number of para-hydroxylation sites is 1. The van der Waals surface area contributed by atoms with E-state index in [4.69, 9.17) is 4.74 Å². The zero-order chi connectivity index (χ0) is 47.2. The molecule has 69 heavy (non-hydrogen) atoms. The van der Waals surface area contributed by atoms with Crippen molar-refractivity contribution in [1.82, 2.24) is 4.57 Å². The van der Waals surface area contributed by atoms with Crippen LogP contribution in [0, 0.1) is 5.41 Å². The highest BCUT2D eigenvalue weighted by Crippen LogP contribution is 2.57. The van der Waals surface area contributed by atoms with E-state index in [2.05, 4.69) is 203 Å². The van der Waals surface area contributed by atoms with Crippen molar-refractivity contribution >= 4 is 74.4 Å². The number of fused-ring (bicyclic) bond motifs is 7. The lowest BCUT2D eigenvalue weighted by molar-refractivity contribution is 0.475. The van der Waals surface area contributed by atoms with Gasteiger partial charge < -0.3 is 14.2 Å². The first-order valence-electron chi connectivity index (χ1n) is 24.6. The van der Waals surface area contributed by atoms with Gasteiger partial charge in [-0.1, -0.05) is 132 Å². The minimum atomic E-state index is -0.230. The van der Waals surface area contributed by atoms with Crippen LogP contribution in [0.15, 0.2) is 182 Å². The summed E-state index contributed by atoms with van der Waals surface area (Å²) in [5.41, 5.74) is 20.0. The molecule has 7 aromatic rings. The molecule has 3 nitrogen and oxygen atoms in total. The molecule has 4 heteroatoms. The lowest BCUT2D eigenvalue weighted by atomic mass is 9.69. The first kappa shape index (κ1) is 43.2. The Morgan fingerprint density at radius 2 is 1.59 bits per heavy atom. The van der Waals surface area contributed by atoms with Crippen LogP contribution in [0.5, 0.6) is 5.75 Å². The lowest BCUT2D eigenvalue weighted by Gasteiger charge is -2.37. The second kappa shape index (κ2) is 16.5. The number of thiophene rings is 1. The van der Waals surface area contributed by atoms with Crippen LogP contribution in [0.4, 0.5) is 11.4 Å². The van der Waals surface area contributed by atoms with Gasteiger partial charge in [0, 0.05) is 72.7 Å². The highest BCUT2D eigenvalue weighted by Gasteiger charge is 2.44. The second-order valence-corrected chi connectivity index (χ2v) is 21.4. The number of anilines is 2. The molecular weight excluding hydrogens is 857 g/mol. The Balaban J connectivity index is 1.00. The molecule has 5 aliphatic rings.